The number of benzene rings is 1. The predicted molar refractivity (Wildman–Crippen MR) is 84.3 cm³/mol. The summed E-state index contributed by atoms with van der Waals surface area (Å²) >= 11 is 0. The SMILES string of the molecule is CC1CCCC(CC(=O)c2ccc(C(C)(C)C)cc2)N1. The molecule has 0 radical (unpaired) electrons. The number of ketones is 1. The Kier molecular flexibility index (Phi) is 4.64. The van der Waals surface area contributed by atoms with Gasteiger partial charge >= 0.3 is 0 Å². The van der Waals surface area contributed by atoms with E-state index in [9.17, 15) is 4.79 Å². The minimum absolute atomic E-state index is 0.141. The molecule has 0 aliphatic carbocycles. The van der Waals surface area contributed by atoms with Crippen LogP contribution in [0, 0.1) is 0 Å². The van der Waals surface area contributed by atoms with E-state index >= 15 is 0 Å². The van der Waals surface area contributed by atoms with Crippen LogP contribution in [0.5, 0.6) is 0 Å². The van der Waals surface area contributed by atoms with E-state index in [1.807, 2.05) is 12.1 Å². The summed E-state index contributed by atoms with van der Waals surface area (Å²) in [7, 11) is 0. The van der Waals surface area contributed by atoms with Crippen molar-refractivity contribution < 1.29 is 4.79 Å². The first-order chi connectivity index (χ1) is 9.36. The number of carbonyl (C=O) groups excluding carboxylic acids is 1. The summed E-state index contributed by atoms with van der Waals surface area (Å²) in [6, 6.07) is 9.04. The van der Waals surface area contributed by atoms with Gasteiger partial charge in [0.1, 0.15) is 0 Å². The van der Waals surface area contributed by atoms with E-state index in [0.29, 0.717) is 18.5 Å². The van der Waals surface area contributed by atoms with E-state index in [1.54, 1.807) is 0 Å². The van der Waals surface area contributed by atoms with Gasteiger partial charge in [0.2, 0.25) is 0 Å². The molecule has 110 valence electrons. The molecule has 1 aliphatic rings. The van der Waals surface area contributed by atoms with Crippen LogP contribution in [0.15, 0.2) is 24.3 Å². The Morgan fingerprint density at radius 2 is 1.85 bits per heavy atom. The molecule has 2 heteroatoms. The molecule has 0 spiro atoms. The quantitative estimate of drug-likeness (QED) is 0.840. The third-order valence-electron chi connectivity index (χ3n) is 4.21. The zero-order chi connectivity index (χ0) is 14.8. The molecule has 1 N–H and O–H groups in total. The normalized spacial score (nSPS) is 23.6. The van der Waals surface area contributed by atoms with Crippen molar-refractivity contribution in [1.82, 2.24) is 5.32 Å². The Hall–Kier alpha value is -1.15. The summed E-state index contributed by atoms with van der Waals surface area (Å²) in [4.78, 5) is 12.3. The third kappa shape index (κ3) is 3.92. The fourth-order valence-corrected chi connectivity index (χ4v) is 2.90. The van der Waals surface area contributed by atoms with Crippen LogP contribution in [-0.2, 0) is 5.41 Å². The van der Waals surface area contributed by atoms with Crippen molar-refractivity contribution in [3.05, 3.63) is 35.4 Å². The van der Waals surface area contributed by atoms with Gasteiger partial charge in [0.15, 0.2) is 5.78 Å². The second kappa shape index (κ2) is 6.09. The first-order valence-corrected chi connectivity index (χ1v) is 7.76. The monoisotopic (exact) mass is 273 g/mol. The topological polar surface area (TPSA) is 29.1 Å². The van der Waals surface area contributed by atoms with Crippen LogP contribution in [0.1, 0.15) is 69.3 Å². The highest BCUT2D eigenvalue weighted by atomic mass is 16.1. The summed E-state index contributed by atoms with van der Waals surface area (Å²) in [6.45, 7) is 8.78. The Bertz CT molecular complexity index is 455. The second-order valence-corrected chi connectivity index (χ2v) is 7.15. The van der Waals surface area contributed by atoms with Gasteiger partial charge in [-0.3, -0.25) is 4.79 Å². The highest BCUT2D eigenvalue weighted by Crippen LogP contribution is 2.23. The van der Waals surface area contributed by atoms with Gasteiger partial charge in [-0.05, 0) is 30.7 Å². The molecule has 1 saturated heterocycles. The number of hydrogen-bond acceptors (Lipinski definition) is 2. The summed E-state index contributed by atoms with van der Waals surface area (Å²) in [5.41, 5.74) is 2.26. The maximum absolute atomic E-state index is 12.3. The third-order valence-corrected chi connectivity index (χ3v) is 4.21. The predicted octanol–water partition coefficient (Wildman–Crippen LogP) is 4.09. The Labute approximate surface area is 123 Å². The lowest BCUT2D eigenvalue weighted by atomic mass is 9.86. The first kappa shape index (κ1) is 15.2. The van der Waals surface area contributed by atoms with Gasteiger partial charge < -0.3 is 5.32 Å². The lowest BCUT2D eigenvalue weighted by molar-refractivity contribution is 0.0960. The molecule has 2 unspecified atom stereocenters. The van der Waals surface area contributed by atoms with Gasteiger partial charge in [-0.1, -0.05) is 51.5 Å². The van der Waals surface area contributed by atoms with Crippen LogP contribution < -0.4 is 5.32 Å². The number of piperidine rings is 1. The highest BCUT2D eigenvalue weighted by molar-refractivity contribution is 5.96. The lowest BCUT2D eigenvalue weighted by Crippen LogP contribution is -2.41. The number of rotatable bonds is 3. The fraction of sp³-hybridized carbons (Fsp3) is 0.611. The van der Waals surface area contributed by atoms with Crippen LogP contribution in [0.3, 0.4) is 0 Å². The number of hydrogen-bond donors (Lipinski definition) is 1. The van der Waals surface area contributed by atoms with E-state index in [-0.39, 0.29) is 11.2 Å². The van der Waals surface area contributed by atoms with Crippen molar-refractivity contribution >= 4 is 5.78 Å². The van der Waals surface area contributed by atoms with Gasteiger partial charge in [0.25, 0.3) is 0 Å². The highest BCUT2D eigenvalue weighted by Gasteiger charge is 2.21. The van der Waals surface area contributed by atoms with Gasteiger partial charge in [0, 0.05) is 24.1 Å². The van der Waals surface area contributed by atoms with Crippen LogP contribution in [0.4, 0.5) is 0 Å². The van der Waals surface area contributed by atoms with Crippen LogP contribution in [-0.4, -0.2) is 17.9 Å². The first-order valence-electron chi connectivity index (χ1n) is 7.76. The lowest BCUT2D eigenvalue weighted by Gasteiger charge is -2.28. The molecule has 0 bridgehead atoms. The van der Waals surface area contributed by atoms with Crippen LogP contribution in [0.25, 0.3) is 0 Å². The molecule has 1 aromatic carbocycles. The molecule has 2 rings (SSSR count). The van der Waals surface area contributed by atoms with Gasteiger partial charge in [-0.15, -0.1) is 0 Å². The Balaban J connectivity index is 1.99. The fourth-order valence-electron chi connectivity index (χ4n) is 2.90. The minimum atomic E-state index is 0.141. The van der Waals surface area contributed by atoms with Crippen molar-refractivity contribution in [3.8, 4) is 0 Å². The molecule has 0 saturated carbocycles. The van der Waals surface area contributed by atoms with Crippen molar-refractivity contribution in [2.24, 2.45) is 0 Å². The smallest absolute Gasteiger partial charge is 0.164 e. The van der Waals surface area contributed by atoms with E-state index in [0.717, 1.165) is 12.0 Å². The number of Topliss-reactive ketones (excluding diaryl/α,β-unsaturated/α-hetero) is 1. The molecule has 2 nitrogen and oxygen atoms in total. The zero-order valence-corrected chi connectivity index (χ0v) is 13.2. The Morgan fingerprint density at radius 1 is 1.20 bits per heavy atom. The molecule has 20 heavy (non-hydrogen) atoms. The number of nitrogens with one attached hydrogen (secondary N) is 1. The molecule has 1 fully saturated rings. The largest absolute Gasteiger partial charge is 0.311 e. The molecule has 1 aromatic rings. The molecular weight excluding hydrogens is 246 g/mol. The zero-order valence-electron chi connectivity index (χ0n) is 13.2. The van der Waals surface area contributed by atoms with Crippen molar-refractivity contribution in [2.75, 3.05) is 0 Å². The second-order valence-electron chi connectivity index (χ2n) is 7.15. The van der Waals surface area contributed by atoms with Crippen molar-refractivity contribution in [1.29, 1.82) is 0 Å². The maximum Gasteiger partial charge on any atom is 0.164 e. The van der Waals surface area contributed by atoms with Gasteiger partial charge in [-0.25, -0.2) is 0 Å². The Morgan fingerprint density at radius 3 is 2.40 bits per heavy atom. The summed E-state index contributed by atoms with van der Waals surface area (Å²) < 4.78 is 0. The number of carbonyl (C=O) groups is 1. The van der Waals surface area contributed by atoms with Gasteiger partial charge in [0.05, 0.1) is 0 Å². The minimum Gasteiger partial charge on any atom is -0.311 e. The van der Waals surface area contributed by atoms with E-state index in [4.69, 9.17) is 0 Å². The average molecular weight is 273 g/mol. The van der Waals surface area contributed by atoms with Gasteiger partial charge in [-0.2, -0.15) is 0 Å². The van der Waals surface area contributed by atoms with E-state index in [2.05, 4.69) is 45.1 Å². The average Bonchev–Trinajstić information content (AvgIpc) is 2.38. The van der Waals surface area contributed by atoms with Crippen molar-refractivity contribution in [3.63, 3.8) is 0 Å². The molecular formula is C18H27NO. The van der Waals surface area contributed by atoms with Crippen molar-refractivity contribution in [2.45, 2.75) is 70.9 Å². The van der Waals surface area contributed by atoms with Crippen LogP contribution in [0.2, 0.25) is 0 Å². The molecule has 2 atom stereocenters. The summed E-state index contributed by atoms with van der Waals surface area (Å²) in [5.74, 6) is 0.261. The molecule has 0 aromatic heterocycles. The van der Waals surface area contributed by atoms with E-state index in [1.165, 1.54) is 18.4 Å². The molecule has 1 aliphatic heterocycles. The summed E-state index contributed by atoms with van der Waals surface area (Å²) in [6.07, 6.45) is 4.20. The van der Waals surface area contributed by atoms with E-state index < -0.39 is 0 Å². The van der Waals surface area contributed by atoms with Crippen LogP contribution >= 0.6 is 0 Å². The standard InChI is InChI=1S/C18H27NO/c1-13-6-5-7-16(19-13)12-17(20)14-8-10-15(11-9-14)18(2,3)4/h8-11,13,16,19H,5-7,12H2,1-4H3. The summed E-state index contributed by atoms with van der Waals surface area (Å²) in [5, 5.41) is 3.53. The molecule has 1 heterocycles. The maximum atomic E-state index is 12.3. The molecule has 0 amide bonds.